The highest BCUT2D eigenvalue weighted by Gasteiger charge is 2.19. The number of hydrogen-bond donors (Lipinski definition) is 2. The first-order valence-electron chi connectivity index (χ1n) is 17.1. The van der Waals surface area contributed by atoms with Gasteiger partial charge in [-0.1, -0.05) is 86.7 Å². The van der Waals surface area contributed by atoms with Gasteiger partial charge in [-0.2, -0.15) is 0 Å². The number of aryl methyl sites for hydroxylation is 1. The SMILES string of the molecule is C=C=CCn1c(-c2ccc(CC3COC3)cc2)ncc(NCCCc2ccccc2)c1=O.CCC(C)c1ccncc1/C=C(\C)CNC. The Morgan fingerprint density at radius 3 is 2.54 bits per heavy atom. The molecule has 0 aliphatic carbocycles. The second-order valence-corrected chi connectivity index (χ2v) is 12.5. The fourth-order valence-corrected chi connectivity index (χ4v) is 5.66. The van der Waals surface area contributed by atoms with E-state index in [9.17, 15) is 4.79 Å². The summed E-state index contributed by atoms with van der Waals surface area (Å²) in [5.74, 6) is 1.86. The van der Waals surface area contributed by atoms with E-state index in [0.717, 1.165) is 51.0 Å². The zero-order valence-corrected chi connectivity index (χ0v) is 29.0. The van der Waals surface area contributed by atoms with Gasteiger partial charge in [0.15, 0.2) is 0 Å². The highest BCUT2D eigenvalue weighted by Crippen LogP contribution is 2.24. The third-order valence-corrected chi connectivity index (χ3v) is 8.60. The first-order chi connectivity index (χ1) is 23.4. The molecule has 1 saturated heterocycles. The van der Waals surface area contributed by atoms with E-state index in [2.05, 4.69) is 90.1 Å². The molecule has 2 N–H and O–H groups in total. The lowest BCUT2D eigenvalue weighted by atomic mass is 9.94. The average molecular weight is 646 g/mol. The Morgan fingerprint density at radius 2 is 1.88 bits per heavy atom. The maximum Gasteiger partial charge on any atom is 0.277 e. The monoisotopic (exact) mass is 645 g/mol. The molecule has 2 aromatic carbocycles. The van der Waals surface area contributed by atoms with E-state index in [4.69, 9.17) is 4.74 Å². The number of aromatic nitrogens is 3. The molecule has 0 spiro atoms. The summed E-state index contributed by atoms with van der Waals surface area (Å²) in [4.78, 5) is 22.0. The van der Waals surface area contributed by atoms with E-state index >= 15 is 0 Å². The van der Waals surface area contributed by atoms with Crippen LogP contribution in [0.25, 0.3) is 17.5 Å². The average Bonchev–Trinajstić information content (AvgIpc) is 3.09. The van der Waals surface area contributed by atoms with Crippen LogP contribution in [0.4, 0.5) is 5.69 Å². The van der Waals surface area contributed by atoms with Gasteiger partial charge in [0.2, 0.25) is 0 Å². The summed E-state index contributed by atoms with van der Waals surface area (Å²) in [6.45, 7) is 14.0. The van der Waals surface area contributed by atoms with E-state index in [1.54, 1.807) is 16.8 Å². The molecule has 0 saturated carbocycles. The molecule has 2 aromatic heterocycles. The smallest absolute Gasteiger partial charge is 0.277 e. The summed E-state index contributed by atoms with van der Waals surface area (Å²) in [5, 5.41) is 6.43. The van der Waals surface area contributed by atoms with Gasteiger partial charge in [0.25, 0.3) is 5.56 Å². The minimum atomic E-state index is -0.0862. The molecule has 252 valence electrons. The normalized spacial score (nSPS) is 13.5. The van der Waals surface area contributed by atoms with Gasteiger partial charge in [-0.15, -0.1) is 5.73 Å². The van der Waals surface area contributed by atoms with Crippen molar-refractivity contribution in [3.8, 4) is 11.4 Å². The minimum Gasteiger partial charge on any atom is -0.381 e. The van der Waals surface area contributed by atoms with Crippen LogP contribution >= 0.6 is 0 Å². The number of anilines is 1. The molecule has 48 heavy (non-hydrogen) atoms. The standard InChI is InChI=1S/C27H29N3O2.C14H22N2/c1-2-3-16-30-26(24-13-11-22(12-14-24)17-23-19-32-20-23)29-18-25(27(30)31)28-15-7-10-21-8-5-4-6-9-21;1-5-12(3)14-6-7-16-10-13(14)8-11(2)9-15-4/h3-6,8-9,11-14,18,23,28H,1,7,10,15-17,19-20H2;6-8,10,12,15H,5,9H2,1-4H3/b;11-8+. The van der Waals surface area contributed by atoms with Gasteiger partial charge in [0, 0.05) is 37.0 Å². The molecular weight excluding hydrogens is 594 g/mol. The Balaban J connectivity index is 0.000000274. The van der Waals surface area contributed by atoms with Crippen molar-refractivity contribution in [1.29, 1.82) is 0 Å². The molecule has 0 radical (unpaired) electrons. The Kier molecular flexibility index (Phi) is 14.6. The van der Waals surface area contributed by atoms with Gasteiger partial charge in [-0.05, 0) is 80.0 Å². The maximum absolute atomic E-state index is 13.2. The van der Waals surface area contributed by atoms with Crippen molar-refractivity contribution in [1.82, 2.24) is 19.9 Å². The highest BCUT2D eigenvalue weighted by atomic mass is 16.5. The summed E-state index contributed by atoms with van der Waals surface area (Å²) in [7, 11) is 1.97. The van der Waals surface area contributed by atoms with Gasteiger partial charge in [-0.25, -0.2) is 4.98 Å². The van der Waals surface area contributed by atoms with Crippen molar-refractivity contribution in [2.24, 2.45) is 5.92 Å². The Labute approximate surface area is 286 Å². The van der Waals surface area contributed by atoms with Crippen LogP contribution in [0.5, 0.6) is 0 Å². The molecule has 1 atom stereocenters. The predicted octanol–water partition coefficient (Wildman–Crippen LogP) is 7.70. The number of hydrogen-bond acceptors (Lipinski definition) is 6. The lowest BCUT2D eigenvalue weighted by molar-refractivity contribution is -0.0312. The molecule has 1 unspecified atom stereocenters. The van der Waals surface area contributed by atoms with Crippen LogP contribution < -0.4 is 16.2 Å². The summed E-state index contributed by atoms with van der Waals surface area (Å²) in [6.07, 6.45) is 13.5. The van der Waals surface area contributed by atoms with Crippen molar-refractivity contribution >= 4 is 11.8 Å². The summed E-state index contributed by atoms with van der Waals surface area (Å²) in [5.41, 5.74) is 10.7. The Hall–Kier alpha value is -4.55. The van der Waals surface area contributed by atoms with Crippen molar-refractivity contribution in [2.75, 3.05) is 38.7 Å². The molecule has 1 fully saturated rings. The molecule has 3 heterocycles. The number of nitrogens with zero attached hydrogens (tertiary/aromatic N) is 3. The summed E-state index contributed by atoms with van der Waals surface area (Å²) >= 11 is 0. The van der Waals surface area contributed by atoms with E-state index in [1.807, 2.05) is 49.8 Å². The number of benzene rings is 2. The summed E-state index contributed by atoms with van der Waals surface area (Å²) in [6, 6.07) is 20.8. The van der Waals surface area contributed by atoms with Gasteiger partial charge in [0.1, 0.15) is 11.5 Å². The molecule has 4 aromatic rings. The third-order valence-electron chi connectivity index (χ3n) is 8.60. The van der Waals surface area contributed by atoms with Crippen LogP contribution in [0.1, 0.15) is 61.8 Å². The van der Waals surface area contributed by atoms with Crippen LogP contribution in [0.3, 0.4) is 0 Å². The fraction of sp³-hybridized carbons (Fsp3) is 0.366. The quantitative estimate of drug-likeness (QED) is 0.102. The van der Waals surface area contributed by atoms with E-state index in [-0.39, 0.29) is 5.56 Å². The second kappa shape index (κ2) is 19.3. The number of allylic oxidation sites excluding steroid dienone is 1. The molecule has 5 rings (SSSR count). The number of nitrogens with one attached hydrogen (secondary N) is 2. The molecule has 7 heteroatoms. The molecule has 7 nitrogen and oxygen atoms in total. The van der Waals surface area contributed by atoms with Crippen molar-refractivity contribution < 1.29 is 4.74 Å². The van der Waals surface area contributed by atoms with Crippen LogP contribution in [0.2, 0.25) is 0 Å². The number of ether oxygens (including phenoxy) is 1. The van der Waals surface area contributed by atoms with E-state index < -0.39 is 0 Å². The zero-order chi connectivity index (χ0) is 34.1. The minimum absolute atomic E-state index is 0.0862. The Bertz CT molecular complexity index is 1700. The topological polar surface area (TPSA) is 81.1 Å². The van der Waals surface area contributed by atoms with E-state index in [1.165, 1.54) is 27.8 Å². The Morgan fingerprint density at radius 1 is 1.10 bits per heavy atom. The molecular formula is C41H51N5O2. The van der Waals surface area contributed by atoms with Crippen molar-refractivity contribution in [3.63, 3.8) is 0 Å². The fourth-order valence-electron chi connectivity index (χ4n) is 5.66. The second-order valence-electron chi connectivity index (χ2n) is 12.5. The van der Waals surface area contributed by atoms with E-state index in [0.29, 0.717) is 36.4 Å². The lowest BCUT2D eigenvalue weighted by Gasteiger charge is -2.25. The van der Waals surface area contributed by atoms with Gasteiger partial charge in [-0.3, -0.25) is 14.3 Å². The summed E-state index contributed by atoms with van der Waals surface area (Å²) < 4.78 is 6.94. The molecule has 1 aliphatic heterocycles. The first kappa shape index (κ1) is 36.3. The highest BCUT2D eigenvalue weighted by molar-refractivity contribution is 5.58. The molecule has 0 amide bonds. The maximum atomic E-state index is 13.2. The number of likely N-dealkylation sites (N-methyl/N-ethyl adjacent to an activating group) is 1. The van der Waals surface area contributed by atoms with Crippen LogP contribution in [-0.2, 0) is 24.1 Å². The van der Waals surface area contributed by atoms with Crippen LogP contribution in [-0.4, -0.2) is 47.9 Å². The van der Waals surface area contributed by atoms with Crippen LogP contribution in [0.15, 0.2) is 108 Å². The van der Waals surface area contributed by atoms with Gasteiger partial charge < -0.3 is 15.4 Å². The predicted molar refractivity (Wildman–Crippen MR) is 199 cm³/mol. The van der Waals surface area contributed by atoms with Crippen molar-refractivity contribution in [3.05, 3.63) is 136 Å². The molecule has 1 aliphatic rings. The largest absolute Gasteiger partial charge is 0.381 e. The number of rotatable bonds is 15. The van der Waals surface area contributed by atoms with Crippen molar-refractivity contribution in [2.45, 2.75) is 58.9 Å². The third kappa shape index (κ3) is 10.7. The van der Waals surface area contributed by atoms with Crippen LogP contribution in [0, 0.1) is 5.92 Å². The first-order valence-corrected chi connectivity index (χ1v) is 17.1. The lowest BCUT2D eigenvalue weighted by Crippen LogP contribution is -2.29. The zero-order valence-electron chi connectivity index (χ0n) is 29.0. The molecule has 0 bridgehead atoms. The van der Waals surface area contributed by atoms with Gasteiger partial charge in [0.05, 0.1) is 26.0 Å². The number of pyridine rings is 1. The van der Waals surface area contributed by atoms with Gasteiger partial charge >= 0.3 is 0 Å².